The number of nitriles is 1. The fourth-order valence-electron chi connectivity index (χ4n) is 1.96. The number of benzene rings is 2. The Morgan fingerprint density at radius 2 is 1.90 bits per heavy atom. The van der Waals surface area contributed by atoms with Crippen molar-refractivity contribution < 1.29 is 4.79 Å². The number of hydrogen-bond donors (Lipinski definition) is 1. The van der Waals surface area contributed by atoms with E-state index in [0.29, 0.717) is 11.3 Å². The minimum Gasteiger partial charge on any atom is -0.325 e. The van der Waals surface area contributed by atoms with Gasteiger partial charge < -0.3 is 5.32 Å². The van der Waals surface area contributed by atoms with Crippen LogP contribution in [0.15, 0.2) is 48.5 Å². The summed E-state index contributed by atoms with van der Waals surface area (Å²) in [6.45, 7) is 3.78. The number of amides is 1. The molecule has 2 aromatic carbocycles. The molecule has 0 saturated heterocycles. The Labute approximate surface area is 118 Å². The molecule has 0 aliphatic carbocycles. The lowest BCUT2D eigenvalue weighted by Gasteiger charge is -2.14. The van der Waals surface area contributed by atoms with Gasteiger partial charge in [0.15, 0.2) is 0 Å². The molecule has 1 unspecified atom stereocenters. The second-order valence-corrected chi connectivity index (χ2v) is 4.76. The molecule has 0 heterocycles. The Hall–Kier alpha value is -2.60. The first-order chi connectivity index (χ1) is 9.61. The summed E-state index contributed by atoms with van der Waals surface area (Å²) in [6, 6.07) is 17.0. The van der Waals surface area contributed by atoms with Gasteiger partial charge >= 0.3 is 0 Å². The van der Waals surface area contributed by atoms with E-state index in [4.69, 9.17) is 5.26 Å². The normalized spacial score (nSPS) is 11.4. The molecule has 1 amide bonds. The maximum absolute atomic E-state index is 12.3. The Balaban J connectivity index is 2.18. The summed E-state index contributed by atoms with van der Waals surface area (Å²) >= 11 is 0. The van der Waals surface area contributed by atoms with Gasteiger partial charge in [-0.25, -0.2) is 0 Å². The van der Waals surface area contributed by atoms with Crippen LogP contribution in [0.2, 0.25) is 0 Å². The number of aryl methyl sites for hydroxylation is 1. The van der Waals surface area contributed by atoms with Gasteiger partial charge in [0.2, 0.25) is 5.91 Å². The first-order valence-corrected chi connectivity index (χ1v) is 6.48. The third-order valence-corrected chi connectivity index (χ3v) is 3.32. The number of nitrogens with zero attached hydrogens (tertiary/aromatic N) is 1. The summed E-state index contributed by atoms with van der Waals surface area (Å²) in [5.41, 5.74) is 3.15. The van der Waals surface area contributed by atoms with Crippen molar-refractivity contribution in [2.75, 3.05) is 5.32 Å². The molecule has 0 aliphatic heterocycles. The highest BCUT2D eigenvalue weighted by Gasteiger charge is 2.15. The number of hydrogen-bond acceptors (Lipinski definition) is 2. The molecular weight excluding hydrogens is 248 g/mol. The fraction of sp³-hybridized carbons (Fsp3) is 0.176. The number of rotatable bonds is 3. The zero-order chi connectivity index (χ0) is 14.5. The Bertz CT molecular complexity index is 656. The van der Waals surface area contributed by atoms with Crippen molar-refractivity contribution in [3.63, 3.8) is 0 Å². The van der Waals surface area contributed by atoms with Crippen molar-refractivity contribution in [1.29, 1.82) is 5.26 Å². The van der Waals surface area contributed by atoms with E-state index in [0.717, 1.165) is 11.1 Å². The average molecular weight is 264 g/mol. The molecule has 0 radical (unpaired) electrons. The lowest BCUT2D eigenvalue weighted by Crippen LogP contribution is -2.19. The summed E-state index contributed by atoms with van der Waals surface area (Å²) in [6.07, 6.45) is 0. The Kier molecular flexibility index (Phi) is 4.17. The first-order valence-electron chi connectivity index (χ1n) is 6.48. The van der Waals surface area contributed by atoms with E-state index in [1.807, 2.05) is 50.2 Å². The van der Waals surface area contributed by atoms with E-state index in [1.54, 1.807) is 12.1 Å². The third-order valence-electron chi connectivity index (χ3n) is 3.32. The van der Waals surface area contributed by atoms with E-state index in [2.05, 4.69) is 11.4 Å². The van der Waals surface area contributed by atoms with Gasteiger partial charge in [-0.3, -0.25) is 4.79 Å². The van der Waals surface area contributed by atoms with Crippen molar-refractivity contribution in [3.05, 3.63) is 65.2 Å². The van der Waals surface area contributed by atoms with E-state index in [9.17, 15) is 4.79 Å². The van der Waals surface area contributed by atoms with Crippen LogP contribution in [0, 0.1) is 18.3 Å². The second kappa shape index (κ2) is 6.03. The van der Waals surface area contributed by atoms with Crippen molar-refractivity contribution in [2.45, 2.75) is 19.8 Å². The number of carbonyl (C=O) groups excluding carboxylic acids is 1. The van der Waals surface area contributed by atoms with Crippen LogP contribution >= 0.6 is 0 Å². The van der Waals surface area contributed by atoms with Gasteiger partial charge in [-0.05, 0) is 37.1 Å². The quantitative estimate of drug-likeness (QED) is 0.920. The molecule has 0 saturated carbocycles. The van der Waals surface area contributed by atoms with Crippen LogP contribution in [0.4, 0.5) is 5.69 Å². The maximum Gasteiger partial charge on any atom is 0.231 e. The third kappa shape index (κ3) is 3.04. The zero-order valence-corrected chi connectivity index (χ0v) is 11.6. The van der Waals surface area contributed by atoms with Crippen molar-refractivity contribution in [3.8, 4) is 6.07 Å². The average Bonchev–Trinajstić information content (AvgIpc) is 2.49. The summed E-state index contributed by atoms with van der Waals surface area (Å²) in [7, 11) is 0. The molecule has 20 heavy (non-hydrogen) atoms. The molecule has 0 aliphatic rings. The van der Waals surface area contributed by atoms with E-state index in [-0.39, 0.29) is 11.8 Å². The van der Waals surface area contributed by atoms with Crippen LogP contribution in [0.1, 0.15) is 29.5 Å². The highest BCUT2D eigenvalue weighted by molar-refractivity contribution is 5.96. The van der Waals surface area contributed by atoms with Gasteiger partial charge in [0, 0.05) is 5.69 Å². The zero-order valence-electron chi connectivity index (χ0n) is 11.6. The number of carbonyl (C=O) groups is 1. The lowest BCUT2D eigenvalue weighted by molar-refractivity contribution is -0.117. The maximum atomic E-state index is 12.3. The van der Waals surface area contributed by atoms with Crippen molar-refractivity contribution in [1.82, 2.24) is 0 Å². The second-order valence-electron chi connectivity index (χ2n) is 4.76. The van der Waals surface area contributed by atoms with Crippen LogP contribution in [-0.2, 0) is 4.79 Å². The predicted molar refractivity (Wildman–Crippen MR) is 79.4 cm³/mol. The van der Waals surface area contributed by atoms with Gasteiger partial charge in [0.25, 0.3) is 0 Å². The van der Waals surface area contributed by atoms with Crippen LogP contribution in [0.5, 0.6) is 0 Å². The molecule has 100 valence electrons. The van der Waals surface area contributed by atoms with Gasteiger partial charge in [0.1, 0.15) is 0 Å². The molecule has 1 atom stereocenters. The fourth-order valence-corrected chi connectivity index (χ4v) is 1.96. The van der Waals surface area contributed by atoms with Crippen molar-refractivity contribution >= 4 is 11.6 Å². The van der Waals surface area contributed by atoms with E-state index >= 15 is 0 Å². The molecular formula is C17H16N2O. The van der Waals surface area contributed by atoms with Gasteiger partial charge in [-0.2, -0.15) is 5.26 Å². The molecule has 2 aromatic rings. The Morgan fingerprint density at radius 1 is 1.20 bits per heavy atom. The minimum atomic E-state index is -0.235. The van der Waals surface area contributed by atoms with Crippen LogP contribution < -0.4 is 5.32 Å². The molecule has 0 fully saturated rings. The largest absolute Gasteiger partial charge is 0.325 e. The number of anilines is 1. The summed E-state index contributed by atoms with van der Waals surface area (Å²) in [5, 5.41) is 11.8. The minimum absolute atomic E-state index is 0.0746. The highest BCUT2D eigenvalue weighted by Crippen LogP contribution is 2.20. The smallest absolute Gasteiger partial charge is 0.231 e. The molecule has 2 rings (SSSR count). The topological polar surface area (TPSA) is 52.9 Å². The molecule has 1 N–H and O–H groups in total. The lowest BCUT2D eigenvalue weighted by atomic mass is 10.00. The van der Waals surface area contributed by atoms with E-state index in [1.165, 1.54) is 0 Å². The standard InChI is InChI=1S/C17H16N2O/c1-12-8-9-14(11-18)10-16(12)19-17(20)13(2)15-6-4-3-5-7-15/h3-10,13H,1-2H3,(H,19,20). The monoisotopic (exact) mass is 264 g/mol. The SMILES string of the molecule is Cc1ccc(C#N)cc1NC(=O)C(C)c1ccccc1. The van der Waals surface area contributed by atoms with E-state index < -0.39 is 0 Å². The summed E-state index contributed by atoms with van der Waals surface area (Å²) in [5.74, 6) is -0.310. The molecule has 3 heteroatoms. The Morgan fingerprint density at radius 3 is 2.55 bits per heavy atom. The van der Waals surface area contributed by atoms with Crippen LogP contribution in [0.3, 0.4) is 0 Å². The van der Waals surface area contributed by atoms with Crippen LogP contribution in [0.25, 0.3) is 0 Å². The molecule has 0 bridgehead atoms. The highest BCUT2D eigenvalue weighted by atomic mass is 16.1. The van der Waals surface area contributed by atoms with Gasteiger partial charge in [-0.15, -0.1) is 0 Å². The number of nitrogens with one attached hydrogen (secondary N) is 1. The van der Waals surface area contributed by atoms with Crippen molar-refractivity contribution in [2.24, 2.45) is 0 Å². The molecule has 0 spiro atoms. The van der Waals surface area contributed by atoms with Crippen LogP contribution in [-0.4, -0.2) is 5.91 Å². The summed E-state index contributed by atoms with van der Waals surface area (Å²) < 4.78 is 0. The predicted octanol–water partition coefficient (Wildman–Crippen LogP) is 3.61. The first kappa shape index (κ1) is 13.8. The van der Waals surface area contributed by atoms with Gasteiger partial charge in [-0.1, -0.05) is 36.4 Å². The molecule has 3 nitrogen and oxygen atoms in total. The molecule has 0 aromatic heterocycles. The van der Waals surface area contributed by atoms with Gasteiger partial charge in [0.05, 0.1) is 17.6 Å². The summed E-state index contributed by atoms with van der Waals surface area (Å²) in [4.78, 5) is 12.3.